The van der Waals surface area contributed by atoms with Crippen LogP contribution in [0.25, 0.3) is 0 Å². The molecule has 1 rings (SSSR count). The van der Waals surface area contributed by atoms with Crippen molar-refractivity contribution in [3.8, 4) is 0 Å². The predicted octanol–water partition coefficient (Wildman–Crippen LogP) is 0.247. The average molecular weight is 333 g/mol. The highest BCUT2D eigenvalue weighted by molar-refractivity contribution is 4.94. The van der Waals surface area contributed by atoms with Crippen molar-refractivity contribution >= 4 is 0 Å². The molecule has 0 aromatic heterocycles. The first-order valence-corrected chi connectivity index (χ1v) is 9.00. The fraction of sp³-hybridized carbons (Fsp3) is 1.00. The third-order valence-electron chi connectivity index (χ3n) is 5.37. The number of rotatable bonds is 10. The molecule has 5 N–H and O–H groups in total. The Bertz CT molecular complexity index is 324. The van der Waals surface area contributed by atoms with E-state index >= 15 is 0 Å². The second kappa shape index (κ2) is 9.91. The van der Waals surface area contributed by atoms with Gasteiger partial charge in [0.2, 0.25) is 0 Å². The van der Waals surface area contributed by atoms with Crippen LogP contribution in [0.3, 0.4) is 0 Å². The first-order chi connectivity index (χ1) is 10.9. The van der Waals surface area contributed by atoms with Gasteiger partial charge < -0.3 is 25.5 Å². The predicted molar refractivity (Wildman–Crippen MR) is 89.1 cm³/mol. The molecule has 1 saturated heterocycles. The van der Waals surface area contributed by atoms with Gasteiger partial charge in [-0.3, -0.25) is 4.90 Å². The van der Waals surface area contributed by atoms with E-state index < -0.39 is 30.0 Å². The van der Waals surface area contributed by atoms with Crippen LogP contribution in [0.15, 0.2) is 0 Å². The Morgan fingerprint density at radius 2 is 1.57 bits per heavy atom. The van der Waals surface area contributed by atoms with Crippen molar-refractivity contribution in [2.24, 2.45) is 0 Å². The topological polar surface area (TPSA) is 104 Å². The number of hydrogen-bond acceptors (Lipinski definition) is 6. The Labute approximate surface area is 139 Å². The Kier molecular flexibility index (Phi) is 8.97. The molecule has 0 unspecified atom stereocenters. The first-order valence-electron chi connectivity index (χ1n) is 9.00. The molecular formula is C17H35NO5. The normalized spacial score (nSPS) is 29.9. The fourth-order valence-corrected chi connectivity index (χ4v) is 3.36. The third kappa shape index (κ3) is 5.96. The van der Waals surface area contributed by atoms with Gasteiger partial charge in [0.1, 0.15) is 12.2 Å². The monoisotopic (exact) mass is 333 g/mol. The zero-order valence-corrected chi connectivity index (χ0v) is 14.6. The van der Waals surface area contributed by atoms with Crippen LogP contribution in [-0.4, -0.2) is 80.1 Å². The Hall–Kier alpha value is -0.240. The van der Waals surface area contributed by atoms with Crippen molar-refractivity contribution in [2.75, 3.05) is 19.7 Å². The molecule has 1 aliphatic heterocycles. The number of likely N-dealkylation sites (tertiary alicyclic amines) is 1. The van der Waals surface area contributed by atoms with E-state index in [0.29, 0.717) is 6.54 Å². The smallest absolute Gasteiger partial charge is 0.109 e. The van der Waals surface area contributed by atoms with Crippen LogP contribution in [0.4, 0.5) is 0 Å². The maximum atomic E-state index is 10.2. The molecular weight excluding hydrogens is 298 g/mol. The Morgan fingerprint density at radius 1 is 0.957 bits per heavy atom. The van der Waals surface area contributed by atoms with Gasteiger partial charge in [0.05, 0.1) is 24.4 Å². The van der Waals surface area contributed by atoms with Crippen LogP contribution in [0.1, 0.15) is 58.8 Å². The van der Waals surface area contributed by atoms with Gasteiger partial charge in [0.15, 0.2) is 0 Å². The SMILES string of the molecule is CCC(O)(CC)CCCCCCN1C[C@H](O)[C@@H](O)[C@H](O)[C@H]1CO. The lowest BCUT2D eigenvalue weighted by Crippen LogP contribution is -2.62. The minimum atomic E-state index is -1.19. The van der Waals surface area contributed by atoms with E-state index in [2.05, 4.69) is 0 Å². The summed E-state index contributed by atoms with van der Waals surface area (Å²) in [4.78, 5) is 1.86. The summed E-state index contributed by atoms with van der Waals surface area (Å²) in [6.07, 6.45) is 3.05. The summed E-state index contributed by atoms with van der Waals surface area (Å²) >= 11 is 0. The summed E-state index contributed by atoms with van der Waals surface area (Å²) in [5.41, 5.74) is -0.529. The molecule has 0 bridgehead atoms. The van der Waals surface area contributed by atoms with E-state index in [1.807, 2.05) is 18.7 Å². The lowest BCUT2D eigenvalue weighted by molar-refractivity contribution is -0.145. The van der Waals surface area contributed by atoms with Gasteiger partial charge in [-0.1, -0.05) is 33.1 Å². The van der Waals surface area contributed by atoms with E-state index in [0.717, 1.165) is 44.9 Å². The van der Waals surface area contributed by atoms with Crippen molar-refractivity contribution in [3.63, 3.8) is 0 Å². The van der Waals surface area contributed by atoms with Crippen molar-refractivity contribution in [2.45, 2.75) is 88.7 Å². The van der Waals surface area contributed by atoms with Crippen LogP contribution >= 0.6 is 0 Å². The van der Waals surface area contributed by atoms with E-state index in [9.17, 15) is 25.5 Å². The molecule has 0 spiro atoms. The molecule has 1 aliphatic rings. The van der Waals surface area contributed by atoms with Gasteiger partial charge in [0.25, 0.3) is 0 Å². The van der Waals surface area contributed by atoms with Crippen LogP contribution in [-0.2, 0) is 0 Å². The van der Waals surface area contributed by atoms with E-state index in [1.54, 1.807) is 0 Å². The number of hydrogen-bond donors (Lipinski definition) is 5. The second-order valence-electron chi connectivity index (χ2n) is 6.89. The summed E-state index contributed by atoms with van der Waals surface area (Å²) in [5, 5.41) is 49.0. The third-order valence-corrected chi connectivity index (χ3v) is 5.37. The van der Waals surface area contributed by atoms with E-state index in [1.165, 1.54) is 0 Å². The molecule has 23 heavy (non-hydrogen) atoms. The molecule has 0 aliphatic carbocycles. The summed E-state index contributed by atoms with van der Waals surface area (Å²) < 4.78 is 0. The quantitative estimate of drug-likeness (QED) is 0.367. The van der Waals surface area contributed by atoms with Gasteiger partial charge >= 0.3 is 0 Å². The molecule has 6 heteroatoms. The van der Waals surface area contributed by atoms with Crippen molar-refractivity contribution in [1.82, 2.24) is 4.90 Å². The number of aliphatic hydroxyl groups excluding tert-OH is 4. The largest absolute Gasteiger partial charge is 0.395 e. The average Bonchev–Trinajstić information content (AvgIpc) is 2.55. The summed E-state index contributed by atoms with van der Waals surface area (Å²) in [5.74, 6) is 0. The number of β-amino-alcohol motifs (C(OH)–C–C–N with tert-alkyl or cyclic N) is 1. The van der Waals surface area contributed by atoms with Crippen LogP contribution in [0.5, 0.6) is 0 Å². The van der Waals surface area contributed by atoms with Crippen molar-refractivity contribution in [3.05, 3.63) is 0 Å². The summed E-state index contributed by atoms with van der Waals surface area (Å²) in [6, 6.07) is -0.515. The van der Waals surface area contributed by atoms with Crippen molar-refractivity contribution < 1.29 is 25.5 Å². The van der Waals surface area contributed by atoms with Gasteiger partial charge in [-0.15, -0.1) is 0 Å². The molecule has 4 atom stereocenters. The minimum Gasteiger partial charge on any atom is -0.395 e. The molecule has 0 radical (unpaired) electrons. The number of piperidine rings is 1. The van der Waals surface area contributed by atoms with E-state index in [-0.39, 0.29) is 13.2 Å². The number of aliphatic hydroxyl groups is 5. The maximum absolute atomic E-state index is 10.2. The highest BCUT2D eigenvalue weighted by atomic mass is 16.4. The highest BCUT2D eigenvalue weighted by Gasteiger charge is 2.40. The molecule has 1 fully saturated rings. The van der Waals surface area contributed by atoms with Crippen LogP contribution < -0.4 is 0 Å². The number of unbranched alkanes of at least 4 members (excludes halogenated alkanes) is 3. The molecule has 0 aromatic carbocycles. The maximum Gasteiger partial charge on any atom is 0.109 e. The van der Waals surface area contributed by atoms with Gasteiger partial charge in [-0.25, -0.2) is 0 Å². The molecule has 6 nitrogen and oxygen atoms in total. The van der Waals surface area contributed by atoms with Crippen molar-refractivity contribution in [1.29, 1.82) is 0 Å². The lowest BCUT2D eigenvalue weighted by atomic mass is 9.90. The van der Waals surface area contributed by atoms with Crippen LogP contribution in [0, 0.1) is 0 Å². The van der Waals surface area contributed by atoms with Gasteiger partial charge in [0, 0.05) is 6.54 Å². The fourth-order valence-electron chi connectivity index (χ4n) is 3.36. The zero-order valence-electron chi connectivity index (χ0n) is 14.6. The summed E-state index contributed by atoms with van der Waals surface area (Å²) in [6.45, 7) is 4.75. The molecule has 0 saturated carbocycles. The molecule has 1 heterocycles. The Morgan fingerprint density at radius 3 is 2.13 bits per heavy atom. The highest BCUT2D eigenvalue weighted by Crippen LogP contribution is 2.23. The molecule has 0 amide bonds. The molecule has 138 valence electrons. The first kappa shape index (κ1) is 20.8. The standard InChI is InChI=1S/C17H35NO5/c1-3-17(23,4-2)9-7-5-6-8-10-18-11-14(20)16(22)15(21)13(18)12-19/h13-16,19-23H,3-12H2,1-2H3/t13-,14+,15-,16-/m1/s1. The minimum absolute atomic E-state index is 0.231. The number of nitrogens with zero attached hydrogens (tertiary/aromatic N) is 1. The lowest BCUT2D eigenvalue weighted by Gasteiger charge is -2.43. The van der Waals surface area contributed by atoms with Gasteiger partial charge in [-0.05, 0) is 32.2 Å². The summed E-state index contributed by atoms with van der Waals surface area (Å²) in [7, 11) is 0. The van der Waals surface area contributed by atoms with Gasteiger partial charge in [-0.2, -0.15) is 0 Å². The Balaban J connectivity index is 2.27. The zero-order chi connectivity index (χ0) is 17.5. The molecule has 0 aromatic rings. The van der Waals surface area contributed by atoms with E-state index in [4.69, 9.17) is 0 Å². The second-order valence-corrected chi connectivity index (χ2v) is 6.89. The van der Waals surface area contributed by atoms with Crippen LogP contribution in [0.2, 0.25) is 0 Å².